The Morgan fingerprint density at radius 3 is 2.33 bits per heavy atom. The zero-order valence-corrected chi connectivity index (χ0v) is 13.4. The highest BCUT2D eigenvalue weighted by Crippen LogP contribution is 2.18. The van der Waals surface area contributed by atoms with Gasteiger partial charge < -0.3 is 5.32 Å². The molecule has 2 aromatic rings. The molecule has 0 saturated carbocycles. The zero-order chi connectivity index (χ0) is 15.5. The van der Waals surface area contributed by atoms with E-state index in [1.54, 1.807) is 24.3 Å². The molecule has 0 fully saturated rings. The van der Waals surface area contributed by atoms with E-state index in [2.05, 4.69) is 10.0 Å². The SMILES string of the molecule is CNS(=O)(=O)c1ccc(NCc2ccc(C)c(Cl)c2)cc1. The van der Waals surface area contributed by atoms with E-state index in [9.17, 15) is 8.42 Å². The van der Waals surface area contributed by atoms with E-state index < -0.39 is 10.0 Å². The molecule has 0 unspecified atom stereocenters. The first-order chi connectivity index (χ1) is 9.92. The standard InChI is InChI=1S/C15H17ClN2O2S/c1-11-3-4-12(9-15(11)16)10-18-13-5-7-14(8-6-13)21(19,20)17-2/h3-9,17-18H,10H2,1-2H3. The van der Waals surface area contributed by atoms with Crippen molar-refractivity contribution in [3.63, 3.8) is 0 Å². The molecule has 0 aliphatic rings. The van der Waals surface area contributed by atoms with Gasteiger partial charge in [0.1, 0.15) is 0 Å². The van der Waals surface area contributed by atoms with Gasteiger partial charge in [0.25, 0.3) is 0 Å². The molecular formula is C15H17ClN2O2S. The maximum Gasteiger partial charge on any atom is 0.240 e. The normalized spacial score (nSPS) is 11.4. The van der Waals surface area contributed by atoms with E-state index >= 15 is 0 Å². The molecule has 0 saturated heterocycles. The van der Waals surface area contributed by atoms with Crippen LogP contribution in [-0.2, 0) is 16.6 Å². The van der Waals surface area contributed by atoms with Crippen molar-refractivity contribution in [1.29, 1.82) is 0 Å². The molecule has 0 bridgehead atoms. The lowest BCUT2D eigenvalue weighted by molar-refractivity contribution is 0.588. The summed E-state index contributed by atoms with van der Waals surface area (Å²) in [7, 11) is -2.00. The van der Waals surface area contributed by atoms with Gasteiger partial charge in [0, 0.05) is 17.3 Å². The maximum absolute atomic E-state index is 11.6. The van der Waals surface area contributed by atoms with Gasteiger partial charge in [0.05, 0.1) is 4.90 Å². The summed E-state index contributed by atoms with van der Waals surface area (Å²) < 4.78 is 25.5. The smallest absolute Gasteiger partial charge is 0.240 e. The van der Waals surface area contributed by atoms with Crippen LogP contribution in [0, 0.1) is 6.92 Å². The van der Waals surface area contributed by atoms with Crippen molar-refractivity contribution in [2.24, 2.45) is 0 Å². The summed E-state index contributed by atoms with van der Waals surface area (Å²) in [4.78, 5) is 0.244. The van der Waals surface area contributed by atoms with Gasteiger partial charge in [-0.15, -0.1) is 0 Å². The number of halogens is 1. The van der Waals surface area contributed by atoms with Crippen LogP contribution in [0.1, 0.15) is 11.1 Å². The van der Waals surface area contributed by atoms with Gasteiger partial charge in [-0.25, -0.2) is 13.1 Å². The van der Waals surface area contributed by atoms with Crippen LogP contribution in [0.3, 0.4) is 0 Å². The zero-order valence-electron chi connectivity index (χ0n) is 11.9. The van der Waals surface area contributed by atoms with Crippen molar-refractivity contribution in [3.05, 3.63) is 58.6 Å². The van der Waals surface area contributed by atoms with Crippen molar-refractivity contribution in [1.82, 2.24) is 4.72 Å². The number of anilines is 1. The van der Waals surface area contributed by atoms with Crippen LogP contribution in [0.5, 0.6) is 0 Å². The fourth-order valence-corrected chi connectivity index (χ4v) is 2.75. The molecule has 2 aromatic carbocycles. The summed E-state index contributed by atoms with van der Waals surface area (Å²) in [6.45, 7) is 2.58. The Morgan fingerprint density at radius 2 is 1.76 bits per heavy atom. The quantitative estimate of drug-likeness (QED) is 0.888. The van der Waals surface area contributed by atoms with Gasteiger partial charge in [-0.3, -0.25) is 0 Å². The fourth-order valence-electron chi connectivity index (χ4n) is 1.82. The van der Waals surface area contributed by atoms with Crippen molar-refractivity contribution >= 4 is 27.3 Å². The van der Waals surface area contributed by atoms with Crippen LogP contribution in [0.25, 0.3) is 0 Å². The maximum atomic E-state index is 11.6. The molecule has 0 spiro atoms. The predicted molar refractivity (Wildman–Crippen MR) is 86.2 cm³/mol. The average Bonchev–Trinajstić information content (AvgIpc) is 2.49. The first kappa shape index (κ1) is 15.8. The highest BCUT2D eigenvalue weighted by atomic mass is 35.5. The van der Waals surface area contributed by atoms with Crippen molar-refractivity contribution in [2.75, 3.05) is 12.4 Å². The number of rotatable bonds is 5. The van der Waals surface area contributed by atoms with Crippen molar-refractivity contribution in [2.45, 2.75) is 18.4 Å². The van der Waals surface area contributed by atoms with Crippen molar-refractivity contribution < 1.29 is 8.42 Å². The third-order valence-electron chi connectivity index (χ3n) is 3.17. The van der Waals surface area contributed by atoms with Gasteiger partial charge in [0.15, 0.2) is 0 Å². The molecule has 6 heteroatoms. The molecule has 0 atom stereocenters. The van der Waals surface area contributed by atoms with Crippen LogP contribution in [0.4, 0.5) is 5.69 Å². The summed E-state index contributed by atoms with van der Waals surface area (Å²) in [5.41, 5.74) is 2.96. The number of nitrogens with one attached hydrogen (secondary N) is 2. The minimum absolute atomic E-state index is 0.244. The van der Waals surface area contributed by atoms with E-state index in [4.69, 9.17) is 11.6 Å². The minimum Gasteiger partial charge on any atom is -0.381 e. The van der Waals surface area contributed by atoms with E-state index in [0.29, 0.717) is 6.54 Å². The molecule has 0 aliphatic carbocycles. The van der Waals surface area contributed by atoms with Gasteiger partial charge in [0.2, 0.25) is 10.0 Å². The molecule has 4 nitrogen and oxygen atoms in total. The molecule has 0 aromatic heterocycles. The highest BCUT2D eigenvalue weighted by molar-refractivity contribution is 7.89. The number of aryl methyl sites for hydroxylation is 1. The molecule has 0 aliphatic heterocycles. The number of benzene rings is 2. The molecule has 21 heavy (non-hydrogen) atoms. The number of sulfonamides is 1. The first-order valence-corrected chi connectivity index (χ1v) is 8.31. The monoisotopic (exact) mass is 324 g/mol. The van der Waals surface area contributed by atoms with Gasteiger partial charge >= 0.3 is 0 Å². The molecule has 0 heterocycles. The van der Waals surface area contributed by atoms with Crippen molar-refractivity contribution in [3.8, 4) is 0 Å². The topological polar surface area (TPSA) is 58.2 Å². The first-order valence-electron chi connectivity index (χ1n) is 6.45. The van der Waals surface area contributed by atoms with Gasteiger partial charge in [-0.1, -0.05) is 23.7 Å². The lowest BCUT2D eigenvalue weighted by Crippen LogP contribution is -2.18. The third-order valence-corrected chi connectivity index (χ3v) is 5.00. The third kappa shape index (κ3) is 3.97. The van der Waals surface area contributed by atoms with Crippen LogP contribution < -0.4 is 10.0 Å². The molecular weight excluding hydrogens is 308 g/mol. The lowest BCUT2D eigenvalue weighted by atomic mass is 10.1. The van der Waals surface area contributed by atoms with E-state index in [-0.39, 0.29) is 4.90 Å². The molecule has 2 rings (SSSR count). The molecule has 2 N–H and O–H groups in total. The Labute approximate surface area is 130 Å². The van der Waals surface area contributed by atoms with Crippen LogP contribution in [0.2, 0.25) is 5.02 Å². The Morgan fingerprint density at radius 1 is 1.10 bits per heavy atom. The van der Waals surface area contributed by atoms with Gasteiger partial charge in [-0.05, 0) is 55.4 Å². The minimum atomic E-state index is -3.39. The second kappa shape index (κ2) is 6.47. The Kier molecular flexibility index (Phi) is 4.88. The number of hydrogen-bond donors (Lipinski definition) is 2. The predicted octanol–water partition coefficient (Wildman–Crippen LogP) is 3.17. The second-order valence-electron chi connectivity index (χ2n) is 4.67. The molecule has 112 valence electrons. The summed E-state index contributed by atoms with van der Waals surface area (Å²) in [6.07, 6.45) is 0. The van der Waals surface area contributed by atoms with Crippen LogP contribution in [0.15, 0.2) is 47.4 Å². The Balaban J connectivity index is 2.05. The van der Waals surface area contributed by atoms with E-state index in [1.165, 1.54) is 7.05 Å². The Hall–Kier alpha value is -1.56. The fraction of sp³-hybridized carbons (Fsp3) is 0.200. The van der Waals surface area contributed by atoms with E-state index in [0.717, 1.165) is 21.8 Å². The number of hydrogen-bond acceptors (Lipinski definition) is 3. The van der Waals surface area contributed by atoms with Crippen LogP contribution in [-0.4, -0.2) is 15.5 Å². The molecule has 0 radical (unpaired) electrons. The van der Waals surface area contributed by atoms with E-state index in [1.807, 2.05) is 25.1 Å². The Bertz CT molecular complexity index is 728. The highest BCUT2D eigenvalue weighted by Gasteiger charge is 2.10. The summed E-state index contributed by atoms with van der Waals surface area (Å²) in [6, 6.07) is 12.5. The average molecular weight is 325 g/mol. The summed E-state index contributed by atoms with van der Waals surface area (Å²) in [5.74, 6) is 0. The molecule has 0 amide bonds. The second-order valence-corrected chi connectivity index (χ2v) is 6.96. The largest absolute Gasteiger partial charge is 0.381 e. The summed E-state index contributed by atoms with van der Waals surface area (Å²) in [5, 5.41) is 3.97. The lowest BCUT2D eigenvalue weighted by Gasteiger charge is -2.09. The van der Waals surface area contributed by atoms with Gasteiger partial charge in [-0.2, -0.15) is 0 Å². The van der Waals surface area contributed by atoms with Crippen LogP contribution >= 0.6 is 11.6 Å². The summed E-state index contributed by atoms with van der Waals surface area (Å²) >= 11 is 6.08.